The molecule has 0 saturated heterocycles. The van der Waals surface area contributed by atoms with Gasteiger partial charge in [0.2, 0.25) is 0 Å². The number of esters is 1. The molecule has 1 heterocycles. The molecule has 0 saturated carbocycles. The Morgan fingerprint density at radius 2 is 1.70 bits per heavy atom. The molecule has 0 aliphatic carbocycles. The molecule has 1 unspecified atom stereocenters. The minimum absolute atomic E-state index is 0.0925. The summed E-state index contributed by atoms with van der Waals surface area (Å²) >= 11 is 0. The number of carbonyl (C=O) groups is 1. The minimum Gasteiger partial charge on any atom is -0.424 e. The van der Waals surface area contributed by atoms with Crippen LogP contribution in [0.2, 0.25) is 0 Å². The van der Waals surface area contributed by atoms with Gasteiger partial charge in [0.25, 0.3) is 0 Å². The highest BCUT2D eigenvalue weighted by Gasteiger charge is 2.71. The molecule has 0 radical (unpaired) electrons. The highest BCUT2D eigenvalue weighted by atomic mass is 31.2. The predicted molar refractivity (Wildman–Crippen MR) is 67.2 cm³/mol. The van der Waals surface area contributed by atoms with Gasteiger partial charge in [-0.1, -0.05) is 18.2 Å². The fraction of sp³-hybridized carbons (Fsp3) is 0.300. The number of hydrogen-bond acceptors (Lipinski definition) is 6. The summed E-state index contributed by atoms with van der Waals surface area (Å²) in [5, 5.41) is -2.78. The van der Waals surface area contributed by atoms with E-state index >= 15 is 0 Å². The molecule has 0 spiro atoms. The second kappa shape index (κ2) is 4.77. The summed E-state index contributed by atoms with van der Waals surface area (Å²) in [5.41, 5.74) is -0.310. The van der Waals surface area contributed by atoms with Crippen LogP contribution in [-0.2, 0) is 28.0 Å². The summed E-state index contributed by atoms with van der Waals surface area (Å²) < 4.78 is 38.7. The number of cyclic esters (lactones) is 1. The van der Waals surface area contributed by atoms with Gasteiger partial charge < -0.3 is 23.6 Å². The number of fused-ring (bicyclic) bond motifs is 1. The van der Waals surface area contributed by atoms with Crippen LogP contribution in [0.25, 0.3) is 0 Å². The summed E-state index contributed by atoms with van der Waals surface area (Å²) in [6.07, 6.45) is 0. The largest absolute Gasteiger partial charge is 0.424 e. The van der Waals surface area contributed by atoms with Crippen molar-refractivity contribution in [2.75, 3.05) is 14.2 Å². The Kier molecular flexibility index (Phi) is 3.67. The zero-order chi connectivity index (χ0) is 15.2. The molecule has 20 heavy (non-hydrogen) atoms. The highest BCUT2D eigenvalue weighted by Crippen LogP contribution is 2.80. The molecule has 0 fully saturated rings. The topological polar surface area (TPSA) is 119 Å². The normalized spacial score (nSPS) is 22.5. The van der Waals surface area contributed by atoms with Crippen LogP contribution in [0, 0.1) is 0 Å². The lowest BCUT2D eigenvalue weighted by Crippen LogP contribution is -2.28. The molecule has 2 rings (SSSR count). The predicted octanol–water partition coefficient (Wildman–Crippen LogP) is 1.63. The first kappa shape index (κ1) is 15.4. The Labute approximate surface area is 114 Å². The van der Waals surface area contributed by atoms with Crippen LogP contribution in [0.5, 0.6) is 0 Å². The van der Waals surface area contributed by atoms with E-state index in [4.69, 9.17) is 4.74 Å². The van der Waals surface area contributed by atoms with E-state index in [1.54, 1.807) is 0 Å². The number of carbonyl (C=O) groups excluding carboxylic acids is 1. The third kappa shape index (κ3) is 1.81. The van der Waals surface area contributed by atoms with E-state index in [2.05, 4.69) is 9.05 Å². The van der Waals surface area contributed by atoms with Crippen LogP contribution < -0.4 is 0 Å². The number of rotatable bonds is 4. The SMILES string of the molecule is COP(=O)(OC)C1(P(=O)(O)O)OC(=O)c2ccccc21. The lowest BCUT2D eigenvalue weighted by atomic mass is 10.1. The highest BCUT2D eigenvalue weighted by molar-refractivity contribution is 7.72. The molecule has 1 aromatic rings. The third-order valence-corrected chi connectivity index (χ3v) is 7.65. The quantitative estimate of drug-likeness (QED) is 0.634. The van der Waals surface area contributed by atoms with E-state index in [1.165, 1.54) is 24.3 Å². The van der Waals surface area contributed by atoms with E-state index in [9.17, 15) is 23.7 Å². The molecular formula is C10H12O8P2. The van der Waals surface area contributed by atoms with Gasteiger partial charge >= 0.3 is 26.2 Å². The van der Waals surface area contributed by atoms with Gasteiger partial charge in [-0.25, -0.2) is 4.79 Å². The van der Waals surface area contributed by atoms with Gasteiger partial charge in [0.1, 0.15) is 0 Å². The molecule has 8 nitrogen and oxygen atoms in total. The molecule has 10 heteroatoms. The summed E-state index contributed by atoms with van der Waals surface area (Å²) in [4.78, 5) is 31.1. The first-order chi connectivity index (χ1) is 9.23. The molecule has 2 N–H and O–H groups in total. The molecule has 0 amide bonds. The van der Waals surface area contributed by atoms with Crippen molar-refractivity contribution in [2.24, 2.45) is 0 Å². The van der Waals surface area contributed by atoms with Crippen LogP contribution in [-0.4, -0.2) is 30.0 Å². The fourth-order valence-corrected chi connectivity index (χ4v) is 5.89. The van der Waals surface area contributed by atoms with Crippen molar-refractivity contribution in [1.82, 2.24) is 0 Å². The van der Waals surface area contributed by atoms with Gasteiger partial charge in [-0.2, -0.15) is 0 Å². The van der Waals surface area contributed by atoms with Crippen LogP contribution in [0.1, 0.15) is 15.9 Å². The van der Waals surface area contributed by atoms with E-state index in [0.29, 0.717) is 0 Å². The van der Waals surface area contributed by atoms with Crippen molar-refractivity contribution in [1.29, 1.82) is 0 Å². The summed E-state index contributed by atoms with van der Waals surface area (Å²) in [6, 6.07) is 5.47. The van der Waals surface area contributed by atoms with Gasteiger partial charge in [-0.15, -0.1) is 0 Å². The van der Waals surface area contributed by atoms with Crippen LogP contribution in [0.15, 0.2) is 24.3 Å². The zero-order valence-corrected chi connectivity index (χ0v) is 12.3. The summed E-state index contributed by atoms with van der Waals surface area (Å²) in [5.74, 6) is -1.00. The van der Waals surface area contributed by atoms with E-state index in [0.717, 1.165) is 14.2 Å². The zero-order valence-electron chi connectivity index (χ0n) is 10.5. The van der Waals surface area contributed by atoms with Crippen molar-refractivity contribution in [3.8, 4) is 0 Å². The van der Waals surface area contributed by atoms with E-state index in [1.807, 2.05) is 0 Å². The van der Waals surface area contributed by atoms with Crippen molar-refractivity contribution >= 4 is 21.2 Å². The monoisotopic (exact) mass is 322 g/mol. The maximum Gasteiger partial charge on any atom is 0.390 e. The summed E-state index contributed by atoms with van der Waals surface area (Å²) in [7, 11) is -7.77. The molecular weight excluding hydrogens is 310 g/mol. The smallest absolute Gasteiger partial charge is 0.390 e. The van der Waals surface area contributed by atoms with Crippen LogP contribution in [0.4, 0.5) is 0 Å². The lowest BCUT2D eigenvalue weighted by molar-refractivity contribution is 0.0300. The van der Waals surface area contributed by atoms with Gasteiger partial charge in [-0.3, -0.25) is 9.13 Å². The van der Waals surface area contributed by atoms with Crippen molar-refractivity contribution in [3.05, 3.63) is 35.4 Å². The molecule has 1 aromatic carbocycles. The first-order valence-electron chi connectivity index (χ1n) is 5.33. The van der Waals surface area contributed by atoms with E-state index < -0.39 is 26.2 Å². The van der Waals surface area contributed by atoms with Gasteiger partial charge in [-0.05, 0) is 6.07 Å². The van der Waals surface area contributed by atoms with Crippen LogP contribution >= 0.6 is 15.2 Å². The number of ether oxygens (including phenoxy) is 1. The Morgan fingerprint density at radius 3 is 2.20 bits per heavy atom. The Hall–Kier alpha value is -1.01. The second-order valence-corrected chi connectivity index (χ2v) is 8.38. The Morgan fingerprint density at radius 1 is 1.15 bits per heavy atom. The van der Waals surface area contributed by atoms with Crippen molar-refractivity contribution < 1.29 is 37.5 Å². The molecule has 110 valence electrons. The molecule has 0 aromatic heterocycles. The summed E-state index contributed by atoms with van der Waals surface area (Å²) in [6.45, 7) is 0. The maximum absolute atomic E-state index is 12.6. The molecule has 0 bridgehead atoms. The molecule has 1 aliphatic rings. The Bertz CT molecular complexity index is 642. The lowest BCUT2D eigenvalue weighted by Gasteiger charge is -2.33. The molecule has 1 aliphatic heterocycles. The maximum atomic E-state index is 12.6. The standard InChI is InChI=1S/C10H12O8P2/c1-16-20(15,17-2)10(19(12,13)14)8-6-4-3-5-7(8)9(11)18-10/h3-6H,1-2H3,(H2,12,13,14). The Balaban J connectivity index is 2.86. The van der Waals surface area contributed by atoms with Gasteiger partial charge in [0.05, 0.1) is 5.56 Å². The van der Waals surface area contributed by atoms with Crippen molar-refractivity contribution in [3.63, 3.8) is 0 Å². The van der Waals surface area contributed by atoms with Gasteiger partial charge in [0, 0.05) is 19.8 Å². The van der Waals surface area contributed by atoms with Crippen molar-refractivity contribution in [2.45, 2.75) is 5.08 Å². The number of hydrogen-bond donors (Lipinski definition) is 2. The third-order valence-electron chi connectivity index (χ3n) is 2.98. The molecule has 1 atom stereocenters. The number of benzene rings is 1. The minimum atomic E-state index is -5.22. The first-order valence-corrected chi connectivity index (χ1v) is 8.49. The average molecular weight is 322 g/mol. The van der Waals surface area contributed by atoms with Gasteiger partial charge in [0.15, 0.2) is 0 Å². The van der Waals surface area contributed by atoms with E-state index in [-0.39, 0.29) is 11.1 Å². The second-order valence-electron chi connectivity index (χ2n) is 3.95. The average Bonchev–Trinajstić information content (AvgIpc) is 2.73. The van der Waals surface area contributed by atoms with Crippen LogP contribution in [0.3, 0.4) is 0 Å². The fourth-order valence-electron chi connectivity index (χ4n) is 2.09.